The average molecular weight is 222 g/mol. The summed E-state index contributed by atoms with van der Waals surface area (Å²) in [5, 5.41) is 17.8. The maximum atomic E-state index is 10.6. The van der Waals surface area contributed by atoms with Gasteiger partial charge in [-0.2, -0.15) is 0 Å². The van der Waals surface area contributed by atoms with Crippen molar-refractivity contribution < 1.29 is 15.0 Å². The molecule has 16 heavy (non-hydrogen) atoms. The Morgan fingerprint density at radius 2 is 1.88 bits per heavy atom. The first-order chi connectivity index (χ1) is 7.59. The summed E-state index contributed by atoms with van der Waals surface area (Å²) in [5.41, 5.74) is 1.48. The van der Waals surface area contributed by atoms with Crippen LogP contribution in [0.4, 0.5) is 0 Å². The topological polar surface area (TPSA) is 57.5 Å². The second-order valence-electron chi connectivity index (χ2n) is 4.10. The summed E-state index contributed by atoms with van der Waals surface area (Å²) in [6.45, 7) is 1.79. The van der Waals surface area contributed by atoms with E-state index in [0.717, 1.165) is 31.2 Å². The van der Waals surface area contributed by atoms with Crippen LogP contribution in [0.3, 0.4) is 0 Å². The first kappa shape index (κ1) is 12.7. The zero-order valence-corrected chi connectivity index (χ0v) is 9.52. The predicted octanol–water partition coefficient (Wildman–Crippen LogP) is 2.48. The van der Waals surface area contributed by atoms with Crippen molar-refractivity contribution in [3.05, 3.63) is 35.4 Å². The van der Waals surface area contributed by atoms with Gasteiger partial charge in [-0.3, -0.25) is 0 Å². The van der Waals surface area contributed by atoms with Crippen LogP contribution in [-0.2, 0) is 6.42 Å². The number of aliphatic hydroxyl groups is 1. The van der Waals surface area contributed by atoms with E-state index in [1.807, 2.05) is 12.1 Å². The van der Waals surface area contributed by atoms with Gasteiger partial charge >= 0.3 is 5.97 Å². The molecule has 1 aromatic carbocycles. The van der Waals surface area contributed by atoms with E-state index in [4.69, 9.17) is 10.2 Å². The van der Waals surface area contributed by atoms with Gasteiger partial charge in [-0.25, -0.2) is 4.79 Å². The van der Waals surface area contributed by atoms with Gasteiger partial charge in [-0.1, -0.05) is 18.6 Å². The lowest BCUT2D eigenvalue weighted by molar-refractivity contribution is 0.0697. The van der Waals surface area contributed by atoms with E-state index in [9.17, 15) is 4.79 Å². The third-order valence-electron chi connectivity index (χ3n) is 2.54. The van der Waals surface area contributed by atoms with Gasteiger partial charge in [0.05, 0.1) is 11.7 Å². The van der Waals surface area contributed by atoms with E-state index in [2.05, 4.69) is 0 Å². The Kier molecular flexibility index (Phi) is 4.99. The Balaban J connectivity index is 2.35. The van der Waals surface area contributed by atoms with Crippen LogP contribution in [0.2, 0.25) is 0 Å². The Morgan fingerprint density at radius 1 is 1.25 bits per heavy atom. The molecule has 2 N–H and O–H groups in total. The molecule has 3 nitrogen and oxygen atoms in total. The number of carboxylic acid groups (broad SMARTS) is 1. The molecule has 0 saturated heterocycles. The highest BCUT2D eigenvalue weighted by Crippen LogP contribution is 2.09. The van der Waals surface area contributed by atoms with E-state index < -0.39 is 5.97 Å². The fourth-order valence-corrected chi connectivity index (χ4v) is 1.58. The van der Waals surface area contributed by atoms with Crippen LogP contribution in [0.5, 0.6) is 0 Å². The number of benzene rings is 1. The Labute approximate surface area is 95.7 Å². The van der Waals surface area contributed by atoms with Crippen molar-refractivity contribution in [2.75, 3.05) is 0 Å². The number of carbonyl (C=O) groups is 1. The quantitative estimate of drug-likeness (QED) is 0.727. The molecule has 0 heterocycles. The normalized spacial score (nSPS) is 12.4. The van der Waals surface area contributed by atoms with E-state index in [0.29, 0.717) is 5.56 Å². The molecule has 0 aliphatic heterocycles. The van der Waals surface area contributed by atoms with Crippen LogP contribution < -0.4 is 0 Å². The van der Waals surface area contributed by atoms with E-state index in [1.165, 1.54) is 0 Å². The molecule has 1 aromatic rings. The molecule has 1 rings (SSSR count). The number of aliphatic hydroxyl groups excluding tert-OH is 1. The maximum absolute atomic E-state index is 10.6. The molecule has 1 atom stereocenters. The highest BCUT2D eigenvalue weighted by atomic mass is 16.4. The molecule has 0 aliphatic rings. The van der Waals surface area contributed by atoms with Gasteiger partial charge < -0.3 is 10.2 Å². The van der Waals surface area contributed by atoms with Crippen LogP contribution in [0.15, 0.2) is 24.3 Å². The molecule has 0 saturated carbocycles. The molecule has 1 unspecified atom stereocenters. The Morgan fingerprint density at radius 3 is 2.38 bits per heavy atom. The van der Waals surface area contributed by atoms with Gasteiger partial charge in [0.2, 0.25) is 0 Å². The maximum Gasteiger partial charge on any atom is 0.335 e. The third-order valence-corrected chi connectivity index (χ3v) is 2.54. The lowest BCUT2D eigenvalue weighted by atomic mass is 10.0. The molecular formula is C13H18O3. The first-order valence-corrected chi connectivity index (χ1v) is 5.60. The second kappa shape index (κ2) is 6.28. The van der Waals surface area contributed by atoms with Crippen molar-refractivity contribution in [1.82, 2.24) is 0 Å². The van der Waals surface area contributed by atoms with Gasteiger partial charge in [0.15, 0.2) is 0 Å². The number of hydrogen-bond acceptors (Lipinski definition) is 2. The molecule has 0 spiro atoms. The molecule has 0 aromatic heterocycles. The highest BCUT2D eigenvalue weighted by Gasteiger charge is 2.01. The molecule has 0 fully saturated rings. The summed E-state index contributed by atoms with van der Waals surface area (Å²) in [5.74, 6) is -0.888. The minimum absolute atomic E-state index is 0.227. The molecule has 0 amide bonds. The summed E-state index contributed by atoms with van der Waals surface area (Å²) < 4.78 is 0. The van der Waals surface area contributed by atoms with Crippen molar-refractivity contribution in [3.63, 3.8) is 0 Å². The first-order valence-electron chi connectivity index (χ1n) is 5.60. The molecule has 88 valence electrons. The number of aryl methyl sites for hydroxylation is 1. The third kappa shape index (κ3) is 4.45. The molecule has 3 heteroatoms. The Bertz CT molecular complexity index is 328. The van der Waals surface area contributed by atoms with Crippen LogP contribution >= 0.6 is 0 Å². The predicted molar refractivity (Wildman–Crippen MR) is 62.6 cm³/mol. The van der Waals surface area contributed by atoms with Gasteiger partial charge in [-0.05, 0) is 43.9 Å². The number of rotatable bonds is 6. The zero-order chi connectivity index (χ0) is 12.0. The molecule has 0 aliphatic carbocycles. The van der Waals surface area contributed by atoms with Crippen molar-refractivity contribution in [1.29, 1.82) is 0 Å². The number of unbranched alkanes of at least 4 members (excludes halogenated alkanes) is 1. The van der Waals surface area contributed by atoms with Crippen molar-refractivity contribution in [2.24, 2.45) is 0 Å². The molecule has 0 bridgehead atoms. The van der Waals surface area contributed by atoms with Gasteiger partial charge in [-0.15, -0.1) is 0 Å². The summed E-state index contributed by atoms with van der Waals surface area (Å²) in [6.07, 6.45) is 3.56. The van der Waals surface area contributed by atoms with Gasteiger partial charge in [0.25, 0.3) is 0 Å². The number of carboxylic acids is 1. The minimum atomic E-state index is -0.888. The van der Waals surface area contributed by atoms with E-state index >= 15 is 0 Å². The lowest BCUT2D eigenvalue weighted by Crippen LogP contribution is -1.99. The summed E-state index contributed by atoms with van der Waals surface area (Å²) in [7, 11) is 0. The van der Waals surface area contributed by atoms with Crippen molar-refractivity contribution in [3.8, 4) is 0 Å². The Hall–Kier alpha value is -1.35. The van der Waals surface area contributed by atoms with E-state index in [1.54, 1.807) is 19.1 Å². The van der Waals surface area contributed by atoms with Crippen molar-refractivity contribution >= 4 is 5.97 Å². The lowest BCUT2D eigenvalue weighted by Gasteiger charge is -2.04. The SMILES string of the molecule is CC(O)CCCCc1ccc(C(=O)O)cc1. The van der Waals surface area contributed by atoms with Crippen LogP contribution in [0, 0.1) is 0 Å². The van der Waals surface area contributed by atoms with Crippen LogP contribution in [-0.4, -0.2) is 22.3 Å². The van der Waals surface area contributed by atoms with Crippen LogP contribution in [0.1, 0.15) is 42.1 Å². The number of aromatic carboxylic acids is 1. The fraction of sp³-hybridized carbons (Fsp3) is 0.462. The molecular weight excluding hydrogens is 204 g/mol. The minimum Gasteiger partial charge on any atom is -0.478 e. The van der Waals surface area contributed by atoms with Gasteiger partial charge in [0.1, 0.15) is 0 Å². The summed E-state index contributed by atoms with van der Waals surface area (Å²) >= 11 is 0. The summed E-state index contributed by atoms with van der Waals surface area (Å²) in [6, 6.07) is 6.97. The summed E-state index contributed by atoms with van der Waals surface area (Å²) in [4.78, 5) is 10.6. The smallest absolute Gasteiger partial charge is 0.335 e. The number of hydrogen-bond donors (Lipinski definition) is 2. The standard InChI is InChI=1S/C13H18O3/c1-10(14)4-2-3-5-11-6-8-12(9-7-11)13(15)16/h6-10,14H,2-5H2,1H3,(H,15,16). The van der Waals surface area contributed by atoms with Crippen molar-refractivity contribution in [2.45, 2.75) is 38.7 Å². The fourth-order valence-electron chi connectivity index (χ4n) is 1.58. The largest absolute Gasteiger partial charge is 0.478 e. The molecule has 0 radical (unpaired) electrons. The van der Waals surface area contributed by atoms with Gasteiger partial charge in [0, 0.05) is 0 Å². The average Bonchev–Trinajstić information content (AvgIpc) is 2.25. The van der Waals surface area contributed by atoms with E-state index in [-0.39, 0.29) is 6.10 Å². The second-order valence-corrected chi connectivity index (χ2v) is 4.10. The highest BCUT2D eigenvalue weighted by molar-refractivity contribution is 5.87. The zero-order valence-electron chi connectivity index (χ0n) is 9.52. The monoisotopic (exact) mass is 222 g/mol. The van der Waals surface area contributed by atoms with Crippen LogP contribution in [0.25, 0.3) is 0 Å².